The van der Waals surface area contributed by atoms with Gasteiger partial charge in [0.25, 0.3) is 0 Å². The number of hydrogen-bond donors (Lipinski definition) is 1. The van der Waals surface area contributed by atoms with Crippen LogP contribution in [0.25, 0.3) is 0 Å². The van der Waals surface area contributed by atoms with Crippen molar-refractivity contribution in [2.75, 3.05) is 11.9 Å². The summed E-state index contributed by atoms with van der Waals surface area (Å²) in [7, 11) is 2.04. The van der Waals surface area contributed by atoms with Crippen molar-refractivity contribution >= 4 is 5.69 Å². The molecule has 3 rings (SSSR count). The summed E-state index contributed by atoms with van der Waals surface area (Å²) < 4.78 is 5.69. The molecule has 0 fully saturated rings. The molecule has 0 saturated carbocycles. The molecule has 1 unspecified atom stereocenters. The normalized spacial score (nSPS) is 20.9. The minimum absolute atomic E-state index is 0.174. The van der Waals surface area contributed by atoms with E-state index in [1.165, 1.54) is 11.3 Å². The smallest absolute Gasteiger partial charge is 0.123 e. The number of nitrogens with zero attached hydrogens (tertiary/aromatic N) is 1. The van der Waals surface area contributed by atoms with Gasteiger partial charge in [0.1, 0.15) is 17.6 Å². The lowest BCUT2D eigenvalue weighted by molar-refractivity contribution is 0.196. The first kappa shape index (κ1) is 11.9. The molecule has 0 radical (unpaired) electrons. The molecule has 1 heterocycles. The quantitative estimate of drug-likeness (QED) is 0.879. The Morgan fingerprint density at radius 2 is 1.95 bits per heavy atom. The molecule has 1 aromatic carbocycles. The van der Waals surface area contributed by atoms with Gasteiger partial charge in [-0.15, -0.1) is 0 Å². The predicted molar refractivity (Wildman–Crippen MR) is 75.9 cm³/mol. The number of anilines is 1. The molecule has 1 aromatic rings. The van der Waals surface area contributed by atoms with Crippen LogP contribution in [0.3, 0.4) is 0 Å². The van der Waals surface area contributed by atoms with Crippen molar-refractivity contribution in [1.29, 1.82) is 0 Å². The second-order valence-electron chi connectivity index (χ2n) is 4.96. The molecule has 19 heavy (non-hydrogen) atoms. The third kappa shape index (κ3) is 2.24. The molecule has 3 heteroatoms. The van der Waals surface area contributed by atoms with Crippen LogP contribution in [-0.4, -0.2) is 18.3 Å². The number of fused-ring (bicyclic) bond motifs is 1. The molecule has 1 N–H and O–H groups in total. The summed E-state index contributed by atoms with van der Waals surface area (Å²) in [6.07, 6.45) is 7.35. The van der Waals surface area contributed by atoms with Crippen LogP contribution in [0.2, 0.25) is 0 Å². The Hall–Kier alpha value is -2.16. The van der Waals surface area contributed by atoms with Crippen LogP contribution >= 0.6 is 0 Å². The standard InChI is InChI=1S/C16H17NO2/c1-11-9-12-10-14(5-8-16(12)19-11)17(2)13-3-6-15(18)7-4-13/h3-9,11,18H,10H2,1-2H3. The van der Waals surface area contributed by atoms with Gasteiger partial charge >= 0.3 is 0 Å². The number of phenols is 1. The summed E-state index contributed by atoms with van der Waals surface area (Å²) in [6.45, 7) is 2.05. The fourth-order valence-corrected chi connectivity index (χ4v) is 2.47. The number of allylic oxidation sites excluding steroid dienone is 4. The number of benzene rings is 1. The third-order valence-corrected chi connectivity index (χ3v) is 3.53. The lowest BCUT2D eigenvalue weighted by Crippen LogP contribution is -2.18. The van der Waals surface area contributed by atoms with Crippen molar-refractivity contribution in [2.24, 2.45) is 0 Å². The number of ether oxygens (including phenoxy) is 1. The highest BCUT2D eigenvalue weighted by atomic mass is 16.5. The second-order valence-corrected chi connectivity index (χ2v) is 4.96. The van der Waals surface area contributed by atoms with Crippen molar-refractivity contribution in [3.63, 3.8) is 0 Å². The molecular formula is C16H17NO2. The average Bonchev–Trinajstić information content (AvgIpc) is 2.77. The molecule has 98 valence electrons. The van der Waals surface area contributed by atoms with Crippen molar-refractivity contribution < 1.29 is 9.84 Å². The van der Waals surface area contributed by atoms with Crippen LogP contribution in [0, 0.1) is 0 Å². The number of phenolic OH excluding ortho intramolecular Hbond substituents is 1. The van der Waals surface area contributed by atoms with Crippen molar-refractivity contribution in [1.82, 2.24) is 0 Å². The third-order valence-electron chi connectivity index (χ3n) is 3.53. The summed E-state index contributed by atoms with van der Waals surface area (Å²) >= 11 is 0. The van der Waals surface area contributed by atoms with Crippen molar-refractivity contribution in [2.45, 2.75) is 19.4 Å². The van der Waals surface area contributed by atoms with E-state index in [1.807, 2.05) is 25.3 Å². The molecule has 0 amide bonds. The van der Waals surface area contributed by atoms with E-state index in [9.17, 15) is 5.11 Å². The zero-order valence-electron chi connectivity index (χ0n) is 11.1. The Kier molecular flexibility index (Phi) is 2.82. The maximum atomic E-state index is 9.33. The van der Waals surface area contributed by atoms with Gasteiger partial charge in [0.05, 0.1) is 0 Å². The van der Waals surface area contributed by atoms with Crippen LogP contribution < -0.4 is 4.90 Å². The summed E-state index contributed by atoms with van der Waals surface area (Å²) in [5, 5.41) is 9.33. The summed E-state index contributed by atoms with van der Waals surface area (Å²) in [6, 6.07) is 7.24. The van der Waals surface area contributed by atoms with E-state index in [2.05, 4.69) is 24.0 Å². The minimum Gasteiger partial charge on any atom is -0.508 e. The zero-order chi connectivity index (χ0) is 13.4. The van der Waals surface area contributed by atoms with Gasteiger partial charge in [0.2, 0.25) is 0 Å². The fraction of sp³-hybridized carbons (Fsp3) is 0.250. The van der Waals surface area contributed by atoms with Gasteiger partial charge in [-0.1, -0.05) is 0 Å². The molecule has 0 bridgehead atoms. The topological polar surface area (TPSA) is 32.7 Å². The van der Waals surface area contributed by atoms with Crippen LogP contribution in [0.1, 0.15) is 13.3 Å². The first-order valence-electron chi connectivity index (χ1n) is 6.45. The molecule has 2 aliphatic rings. The van der Waals surface area contributed by atoms with E-state index in [-0.39, 0.29) is 11.9 Å². The van der Waals surface area contributed by atoms with Gasteiger partial charge in [-0.3, -0.25) is 0 Å². The molecule has 1 aliphatic heterocycles. The molecular weight excluding hydrogens is 238 g/mol. The predicted octanol–water partition coefficient (Wildman–Crippen LogP) is 3.35. The molecule has 0 spiro atoms. The summed E-state index contributed by atoms with van der Waals surface area (Å²) in [5.41, 5.74) is 3.54. The van der Waals surface area contributed by atoms with E-state index in [0.29, 0.717) is 0 Å². The van der Waals surface area contributed by atoms with Gasteiger partial charge in [-0.2, -0.15) is 0 Å². The highest BCUT2D eigenvalue weighted by Gasteiger charge is 2.23. The van der Waals surface area contributed by atoms with E-state index in [0.717, 1.165) is 17.9 Å². The molecule has 1 aliphatic carbocycles. The first-order chi connectivity index (χ1) is 9.13. The number of rotatable bonds is 2. The van der Waals surface area contributed by atoms with Crippen molar-refractivity contribution in [3.8, 4) is 5.75 Å². The second kappa shape index (κ2) is 4.50. The van der Waals surface area contributed by atoms with Gasteiger partial charge in [-0.05, 0) is 55.0 Å². The molecule has 1 atom stereocenters. The van der Waals surface area contributed by atoms with Gasteiger partial charge in [0, 0.05) is 24.9 Å². The maximum Gasteiger partial charge on any atom is 0.123 e. The number of hydrogen-bond acceptors (Lipinski definition) is 3. The summed E-state index contributed by atoms with van der Waals surface area (Å²) in [4.78, 5) is 2.14. The van der Waals surface area contributed by atoms with Gasteiger partial charge < -0.3 is 14.7 Å². The Morgan fingerprint density at radius 1 is 1.21 bits per heavy atom. The Bertz CT molecular complexity index is 581. The maximum absolute atomic E-state index is 9.33. The van der Waals surface area contributed by atoms with E-state index >= 15 is 0 Å². The van der Waals surface area contributed by atoms with Crippen molar-refractivity contribution in [3.05, 3.63) is 59.5 Å². The van der Waals surface area contributed by atoms with Gasteiger partial charge in [0.15, 0.2) is 0 Å². The van der Waals surface area contributed by atoms with Crippen LogP contribution in [0.15, 0.2) is 59.5 Å². The molecule has 3 nitrogen and oxygen atoms in total. The van der Waals surface area contributed by atoms with Gasteiger partial charge in [-0.25, -0.2) is 0 Å². The Balaban J connectivity index is 1.84. The van der Waals surface area contributed by atoms with E-state index < -0.39 is 0 Å². The average molecular weight is 255 g/mol. The lowest BCUT2D eigenvalue weighted by Gasteiger charge is -2.25. The SMILES string of the molecule is CC1C=C2CC(N(C)c3ccc(O)cc3)=CC=C2O1. The highest BCUT2D eigenvalue weighted by Crippen LogP contribution is 2.34. The molecule has 0 saturated heterocycles. The summed E-state index contributed by atoms with van der Waals surface area (Å²) in [5.74, 6) is 1.29. The monoisotopic (exact) mass is 255 g/mol. The Morgan fingerprint density at radius 3 is 2.68 bits per heavy atom. The lowest BCUT2D eigenvalue weighted by atomic mass is 10.0. The van der Waals surface area contributed by atoms with Crippen LogP contribution in [0.5, 0.6) is 5.75 Å². The number of aromatic hydroxyl groups is 1. The highest BCUT2D eigenvalue weighted by molar-refractivity contribution is 5.56. The zero-order valence-corrected chi connectivity index (χ0v) is 11.1. The minimum atomic E-state index is 0.174. The van der Waals surface area contributed by atoms with Crippen LogP contribution in [-0.2, 0) is 4.74 Å². The molecule has 0 aromatic heterocycles. The van der Waals surface area contributed by atoms with E-state index in [1.54, 1.807) is 12.1 Å². The van der Waals surface area contributed by atoms with E-state index in [4.69, 9.17) is 4.74 Å². The Labute approximate surface area is 113 Å². The fourth-order valence-electron chi connectivity index (χ4n) is 2.47. The van der Waals surface area contributed by atoms with Crippen LogP contribution in [0.4, 0.5) is 5.69 Å². The first-order valence-corrected chi connectivity index (χ1v) is 6.45. The largest absolute Gasteiger partial charge is 0.508 e.